The van der Waals surface area contributed by atoms with Gasteiger partial charge >= 0.3 is 6.03 Å². The topological polar surface area (TPSA) is 58.2 Å². The van der Waals surface area contributed by atoms with Gasteiger partial charge < -0.3 is 5.32 Å². The molecule has 3 amide bonds. The second kappa shape index (κ2) is 6.79. The molecule has 110 valence electrons. The van der Waals surface area contributed by atoms with Crippen LogP contribution in [0.2, 0.25) is 0 Å². The molecule has 0 aliphatic rings. The van der Waals surface area contributed by atoms with Crippen LogP contribution in [-0.4, -0.2) is 22.7 Å². The van der Waals surface area contributed by atoms with Gasteiger partial charge in [0.05, 0.1) is 5.25 Å². The first-order valence-corrected chi connectivity index (χ1v) is 7.42. The van der Waals surface area contributed by atoms with Crippen LogP contribution in [0.15, 0.2) is 29.2 Å². The first kappa shape index (κ1) is 16.6. The summed E-state index contributed by atoms with van der Waals surface area (Å²) in [5, 5.41) is 4.72. The van der Waals surface area contributed by atoms with Crippen LogP contribution < -0.4 is 10.6 Å². The van der Waals surface area contributed by atoms with Crippen molar-refractivity contribution < 1.29 is 9.59 Å². The molecule has 1 aromatic carbocycles. The lowest BCUT2D eigenvalue weighted by Gasteiger charge is -2.21. The Bertz CT molecular complexity index is 478. The van der Waals surface area contributed by atoms with Crippen molar-refractivity contribution in [2.75, 3.05) is 0 Å². The Morgan fingerprint density at radius 3 is 2.20 bits per heavy atom. The minimum absolute atomic E-state index is 0.294. The molecule has 20 heavy (non-hydrogen) atoms. The molecule has 0 spiro atoms. The highest BCUT2D eigenvalue weighted by Gasteiger charge is 2.19. The third-order valence-corrected chi connectivity index (χ3v) is 3.54. The summed E-state index contributed by atoms with van der Waals surface area (Å²) in [6, 6.07) is 7.48. The van der Waals surface area contributed by atoms with E-state index in [1.54, 1.807) is 6.92 Å². The van der Waals surface area contributed by atoms with Gasteiger partial charge in [0.15, 0.2) is 0 Å². The molecule has 0 saturated carbocycles. The predicted molar refractivity (Wildman–Crippen MR) is 82.9 cm³/mol. The summed E-state index contributed by atoms with van der Waals surface area (Å²) in [6.45, 7) is 9.39. The van der Waals surface area contributed by atoms with Crippen LogP contribution in [-0.2, 0) is 4.79 Å². The molecule has 1 atom stereocenters. The van der Waals surface area contributed by atoms with Gasteiger partial charge in [-0.25, -0.2) is 4.79 Å². The monoisotopic (exact) mass is 294 g/mol. The van der Waals surface area contributed by atoms with Crippen molar-refractivity contribution in [3.8, 4) is 0 Å². The zero-order valence-electron chi connectivity index (χ0n) is 12.6. The number of nitrogens with one attached hydrogen (secondary N) is 2. The van der Waals surface area contributed by atoms with E-state index >= 15 is 0 Å². The lowest BCUT2D eigenvalue weighted by molar-refractivity contribution is -0.119. The Labute approximate surface area is 124 Å². The van der Waals surface area contributed by atoms with Crippen LogP contribution in [0.4, 0.5) is 4.79 Å². The van der Waals surface area contributed by atoms with Gasteiger partial charge in [0.2, 0.25) is 5.91 Å². The second-order valence-corrected chi connectivity index (χ2v) is 7.18. The molecule has 0 bridgehead atoms. The van der Waals surface area contributed by atoms with Gasteiger partial charge in [-0.3, -0.25) is 10.1 Å². The highest BCUT2D eigenvalue weighted by molar-refractivity contribution is 8.00. The fourth-order valence-corrected chi connectivity index (χ4v) is 2.33. The van der Waals surface area contributed by atoms with Crippen molar-refractivity contribution in [2.24, 2.45) is 0 Å². The summed E-state index contributed by atoms with van der Waals surface area (Å²) < 4.78 is 0. The largest absolute Gasteiger partial charge is 0.333 e. The third-order valence-electron chi connectivity index (χ3n) is 2.43. The number of aryl methyl sites for hydroxylation is 1. The Hall–Kier alpha value is -1.49. The summed E-state index contributed by atoms with van der Waals surface area (Å²) in [5.41, 5.74) is 0.813. The molecule has 0 radical (unpaired) electrons. The molecular weight excluding hydrogens is 272 g/mol. The summed E-state index contributed by atoms with van der Waals surface area (Å²) in [6.07, 6.45) is 0. The van der Waals surface area contributed by atoms with Crippen molar-refractivity contribution in [3.05, 3.63) is 29.8 Å². The minimum atomic E-state index is -0.459. The van der Waals surface area contributed by atoms with Crippen LogP contribution in [0.3, 0.4) is 0 Å². The number of carbonyl (C=O) groups excluding carboxylic acids is 2. The standard InChI is InChI=1S/C15H22N2O2S/c1-10-6-8-12(9-7-10)20-11(2)13(18)16-14(19)17-15(3,4)5/h6-9,11H,1-5H3,(H2,16,17,18,19). The van der Waals surface area contributed by atoms with E-state index in [0.29, 0.717) is 0 Å². The lowest BCUT2D eigenvalue weighted by atomic mass is 10.1. The van der Waals surface area contributed by atoms with Crippen molar-refractivity contribution in [3.63, 3.8) is 0 Å². The molecule has 0 aromatic heterocycles. The molecular formula is C15H22N2O2S. The average molecular weight is 294 g/mol. The molecule has 0 fully saturated rings. The van der Waals surface area contributed by atoms with Crippen molar-refractivity contribution in [2.45, 2.75) is 50.3 Å². The Balaban J connectivity index is 2.51. The number of hydrogen-bond donors (Lipinski definition) is 2. The quantitative estimate of drug-likeness (QED) is 0.842. The number of carbonyl (C=O) groups is 2. The molecule has 0 saturated heterocycles. The van der Waals surface area contributed by atoms with Gasteiger partial charge in [-0.15, -0.1) is 11.8 Å². The Morgan fingerprint density at radius 1 is 1.15 bits per heavy atom. The van der Waals surface area contributed by atoms with Gasteiger partial charge in [0.1, 0.15) is 0 Å². The van der Waals surface area contributed by atoms with Crippen LogP contribution in [0, 0.1) is 6.92 Å². The SMILES string of the molecule is Cc1ccc(SC(C)C(=O)NC(=O)NC(C)(C)C)cc1. The van der Waals surface area contributed by atoms with E-state index in [2.05, 4.69) is 10.6 Å². The lowest BCUT2D eigenvalue weighted by Crippen LogP contribution is -2.49. The predicted octanol–water partition coefficient (Wildman–Crippen LogP) is 3.10. The Morgan fingerprint density at radius 2 is 1.70 bits per heavy atom. The summed E-state index contributed by atoms with van der Waals surface area (Å²) in [7, 11) is 0. The van der Waals surface area contributed by atoms with Crippen molar-refractivity contribution >= 4 is 23.7 Å². The van der Waals surface area contributed by atoms with Crippen molar-refractivity contribution in [1.82, 2.24) is 10.6 Å². The third kappa shape index (κ3) is 6.10. The first-order valence-electron chi connectivity index (χ1n) is 6.54. The van der Waals surface area contributed by atoms with E-state index in [0.717, 1.165) is 4.90 Å². The average Bonchev–Trinajstić information content (AvgIpc) is 2.29. The number of rotatable bonds is 3. The summed E-state index contributed by atoms with van der Waals surface area (Å²) in [5.74, 6) is -0.294. The fraction of sp³-hybridized carbons (Fsp3) is 0.467. The zero-order chi connectivity index (χ0) is 15.3. The highest BCUT2D eigenvalue weighted by atomic mass is 32.2. The van der Waals surface area contributed by atoms with Crippen LogP contribution in [0.25, 0.3) is 0 Å². The maximum absolute atomic E-state index is 11.9. The summed E-state index contributed by atoms with van der Waals surface area (Å²) in [4.78, 5) is 24.5. The van der Waals surface area contributed by atoms with E-state index in [-0.39, 0.29) is 16.7 Å². The number of hydrogen-bond acceptors (Lipinski definition) is 3. The van der Waals surface area contributed by atoms with Gasteiger partial charge in [0, 0.05) is 10.4 Å². The molecule has 0 aliphatic heterocycles. The zero-order valence-corrected chi connectivity index (χ0v) is 13.4. The van der Waals surface area contributed by atoms with Gasteiger partial charge in [-0.2, -0.15) is 0 Å². The van der Waals surface area contributed by atoms with Gasteiger partial charge in [-0.1, -0.05) is 17.7 Å². The van der Waals surface area contributed by atoms with Gasteiger partial charge in [0.25, 0.3) is 0 Å². The summed E-state index contributed by atoms with van der Waals surface area (Å²) >= 11 is 1.43. The maximum atomic E-state index is 11.9. The maximum Gasteiger partial charge on any atom is 0.321 e. The molecule has 2 N–H and O–H groups in total. The number of imide groups is 1. The van der Waals surface area contributed by atoms with Crippen LogP contribution in [0.1, 0.15) is 33.3 Å². The number of thioether (sulfide) groups is 1. The van der Waals surface area contributed by atoms with Crippen LogP contribution in [0.5, 0.6) is 0 Å². The molecule has 1 unspecified atom stereocenters. The molecule has 0 heterocycles. The van der Waals surface area contributed by atoms with E-state index in [9.17, 15) is 9.59 Å². The minimum Gasteiger partial charge on any atom is -0.333 e. The molecule has 5 heteroatoms. The van der Waals surface area contributed by atoms with Gasteiger partial charge in [-0.05, 0) is 46.8 Å². The molecule has 0 aliphatic carbocycles. The number of amides is 3. The Kier molecular flexibility index (Phi) is 5.62. The van der Waals surface area contributed by atoms with Crippen LogP contribution >= 0.6 is 11.8 Å². The smallest absolute Gasteiger partial charge is 0.321 e. The fourth-order valence-electron chi connectivity index (χ4n) is 1.46. The van der Waals surface area contributed by atoms with E-state index in [1.807, 2.05) is 52.0 Å². The first-order chi connectivity index (χ1) is 9.17. The second-order valence-electron chi connectivity index (χ2n) is 5.77. The molecule has 1 aromatic rings. The molecule has 1 rings (SSSR count). The van der Waals surface area contributed by atoms with Crippen molar-refractivity contribution in [1.29, 1.82) is 0 Å². The van der Waals surface area contributed by atoms with E-state index < -0.39 is 6.03 Å². The number of benzene rings is 1. The highest BCUT2D eigenvalue weighted by Crippen LogP contribution is 2.23. The van der Waals surface area contributed by atoms with E-state index in [4.69, 9.17) is 0 Å². The molecule has 4 nitrogen and oxygen atoms in total. The normalized spacial score (nSPS) is 12.7. The van der Waals surface area contributed by atoms with E-state index in [1.165, 1.54) is 17.3 Å². The number of urea groups is 1.